The molecule has 1 aromatic heterocycles. The predicted molar refractivity (Wildman–Crippen MR) is 79.5 cm³/mol. The summed E-state index contributed by atoms with van der Waals surface area (Å²) < 4.78 is 39.1. The summed E-state index contributed by atoms with van der Waals surface area (Å²) in [5, 5.41) is 6.05. The largest absolute Gasteiger partial charge is 0.393 e. The van der Waals surface area contributed by atoms with E-state index in [9.17, 15) is 13.2 Å². The van der Waals surface area contributed by atoms with Gasteiger partial charge in [-0.2, -0.15) is 13.2 Å². The van der Waals surface area contributed by atoms with Crippen LogP contribution in [0, 0.1) is 5.92 Å². The molecule has 2 unspecified atom stereocenters. The summed E-state index contributed by atoms with van der Waals surface area (Å²) >= 11 is 1.58. The molecule has 1 N–H and O–H groups in total. The van der Waals surface area contributed by atoms with Crippen LogP contribution in [-0.2, 0) is 12.0 Å². The topological polar surface area (TPSA) is 24.9 Å². The maximum absolute atomic E-state index is 13.0. The first-order valence-corrected chi connectivity index (χ1v) is 8.31. The molecule has 0 bridgehead atoms. The van der Waals surface area contributed by atoms with Gasteiger partial charge in [-0.25, -0.2) is 4.98 Å². The maximum Gasteiger partial charge on any atom is 0.393 e. The van der Waals surface area contributed by atoms with Gasteiger partial charge >= 0.3 is 6.18 Å². The van der Waals surface area contributed by atoms with Gasteiger partial charge in [0.05, 0.1) is 16.6 Å². The van der Waals surface area contributed by atoms with E-state index < -0.39 is 18.1 Å². The lowest BCUT2D eigenvalue weighted by molar-refractivity contribution is -0.189. The van der Waals surface area contributed by atoms with Gasteiger partial charge in [0.2, 0.25) is 0 Å². The summed E-state index contributed by atoms with van der Waals surface area (Å²) in [5.41, 5.74) is 0.832. The molecule has 1 aliphatic rings. The normalized spacial score (nSPS) is 24.3. The fourth-order valence-electron chi connectivity index (χ4n) is 2.74. The lowest BCUT2D eigenvalue weighted by atomic mass is 9.84. The third-order valence-corrected chi connectivity index (χ3v) is 5.24. The molecular weight excluding hydrogens is 297 g/mol. The van der Waals surface area contributed by atoms with Crippen LogP contribution in [0.2, 0.25) is 0 Å². The molecule has 0 aromatic carbocycles. The first-order chi connectivity index (χ1) is 9.68. The molecule has 120 valence electrons. The lowest BCUT2D eigenvalue weighted by Crippen LogP contribution is -2.45. The molecule has 2 nitrogen and oxygen atoms in total. The summed E-state index contributed by atoms with van der Waals surface area (Å²) in [5.74, 6) is -1.22. The van der Waals surface area contributed by atoms with Gasteiger partial charge in [-0.3, -0.25) is 0 Å². The van der Waals surface area contributed by atoms with E-state index in [1.165, 1.54) is 0 Å². The van der Waals surface area contributed by atoms with Crippen LogP contribution in [0.5, 0.6) is 0 Å². The van der Waals surface area contributed by atoms with Crippen molar-refractivity contribution < 1.29 is 13.2 Å². The number of thiazole rings is 1. The summed E-state index contributed by atoms with van der Waals surface area (Å²) in [6, 6.07) is -0.474. The Morgan fingerprint density at radius 3 is 2.48 bits per heavy atom. The Bertz CT molecular complexity index is 462. The number of aromatic nitrogens is 1. The summed E-state index contributed by atoms with van der Waals surface area (Å²) in [4.78, 5) is 4.53. The van der Waals surface area contributed by atoms with Crippen molar-refractivity contribution in [3.63, 3.8) is 0 Å². The molecule has 1 saturated carbocycles. The number of hydrogen-bond acceptors (Lipinski definition) is 3. The van der Waals surface area contributed by atoms with E-state index in [2.05, 4.69) is 31.1 Å². The Morgan fingerprint density at radius 2 is 1.90 bits per heavy atom. The molecule has 1 aliphatic carbocycles. The maximum atomic E-state index is 13.0. The van der Waals surface area contributed by atoms with Gasteiger partial charge in [-0.15, -0.1) is 11.3 Å². The third-order valence-electron chi connectivity index (χ3n) is 3.93. The molecule has 1 heterocycles. The number of hydrogen-bond donors (Lipinski definition) is 1. The molecule has 1 fully saturated rings. The average Bonchev–Trinajstić information content (AvgIpc) is 2.84. The van der Waals surface area contributed by atoms with Crippen molar-refractivity contribution in [2.45, 2.75) is 70.6 Å². The molecule has 1 aromatic rings. The van der Waals surface area contributed by atoms with Crippen LogP contribution in [0.3, 0.4) is 0 Å². The quantitative estimate of drug-likeness (QED) is 0.877. The van der Waals surface area contributed by atoms with Crippen molar-refractivity contribution in [2.75, 3.05) is 0 Å². The van der Waals surface area contributed by atoms with Crippen LogP contribution in [0.1, 0.15) is 57.2 Å². The smallest absolute Gasteiger partial charge is 0.308 e. The highest BCUT2D eigenvalue weighted by Gasteiger charge is 2.45. The summed E-state index contributed by atoms with van der Waals surface area (Å²) in [6.07, 6.45) is -1.72. The van der Waals surface area contributed by atoms with E-state index >= 15 is 0 Å². The van der Waals surface area contributed by atoms with Crippen LogP contribution < -0.4 is 5.32 Å². The first kappa shape index (κ1) is 16.7. The lowest BCUT2D eigenvalue weighted by Gasteiger charge is -2.33. The molecule has 2 atom stereocenters. The van der Waals surface area contributed by atoms with Crippen LogP contribution in [0.4, 0.5) is 13.2 Å². The minimum atomic E-state index is -4.10. The fourth-order valence-corrected chi connectivity index (χ4v) is 3.64. The van der Waals surface area contributed by atoms with Gasteiger partial charge in [0.25, 0.3) is 0 Å². The molecule has 0 saturated heterocycles. The summed E-state index contributed by atoms with van der Waals surface area (Å²) in [6.45, 7) is 6.68. The molecule has 0 radical (unpaired) electrons. The van der Waals surface area contributed by atoms with E-state index in [1.54, 1.807) is 11.3 Å². The third kappa shape index (κ3) is 4.42. The van der Waals surface area contributed by atoms with E-state index in [0.29, 0.717) is 19.4 Å². The monoisotopic (exact) mass is 320 g/mol. The molecule has 21 heavy (non-hydrogen) atoms. The first-order valence-electron chi connectivity index (χ1n) is 7.43. The molecular formula is C15H23F3N2S. The van der Waals surface area contributed by atoms with Gasteiger partial charge in [0.15, 0.2) is 0 Å². The number of nitrogens with zero attached hydrogens (tertiary/aromatic N) is 1. The Balaban J connectivity index is 1.96. The average molecular weight is 320 g/mol. The second-order valence-electron chi connectivity index (χ2n) is 6.81. The fraction of sp³-hybridized carbons (Fsp3) is 0.800. The highest BCUT2D eigenvalue weighted by atomic mass is 32.1. The van der Waals surface area contributed by atoms with Gasteiger partial charge in [-0.1, -0.05) is 33.6 Å². The van der Waals surface area contributed by atoms with Crippen LogP contribution >= 0.6 is 11.3 Å². The van der Waals surface area contributed by atoms with E-state index in [1.807, 2.05) is 5.38 Å². The van der Waals surface area contributed by atoms with Crippen LogP contribution in [0.25, 0.3) is 0 Å². The van der Waals surface area contributed by atoms with Crippen molar-refractivity contribution in [3.05, 3.63) is 16.1 Å². The van der Waals surface area contributed by atoms with Crippen molar-refractivity contribution >= 4 is 11.3 Å². The molecule has 0 amide bonds. The van der Waals surface area contributed by atoms with Crippen molar-refractivity contribution in [1.82, 2.24) is 10.3 Å². The van der Waals surface area contributed by atoms with Crippen molar-refractivity contribution in [1.29, 1.82) is 0 Å². The molecule has 2 rings (SSSR count). The van der Waals surface area contributed by atoms with Crippen molar-refractivity contribution in [3.8, 4) is 0 Å². The Kier molecular flexibility index (Phi) is 4.98. The minimum absolute atomic E-state index is 0.0116. The number of alkyl halides is 3. The Morgan fingerprint density at radius 1 is 1.24 bits per heavy atom. The number of halogens is 3. The van der Waals surface area contributed by atoms with Crippen molar-refractivity contribution in [2.24, 2.45) is 5.92 Å². The minimum Gasteiger partial charge on any atom is -0.308 e. The highest BCUT2D eigenvalue weighted by molar-refractivity contribution is 7.09. The highest BCUT2D eigenvalue weighted by Crippen LogP contribution is 2.37. The SMILES string of the molecule is CC(C)(C)c1nc(CNC2CCCCC2C(F)(F)F)cs1. The Labute approximate surface area is 128 Å². The van der Waals surface area contributed by atoms with Gasteiger partial charge in [0.1, 0.15) is 0 Å². The van der Waals surface area contributed by atoms with E-state index in [4.69, 9.17) is 0 Å². The van der Waals surface area contributed by atoms with E-state index in [-0.39, 0.29) is 11.8 Å². The number of rotatable bonds is 3. The van der Waals surface area contributed by atoms with Crippen LogP contribution in [0.15, 0.2) is 5.38 Å². The summed E-state index contributed by atoms with van der Waals surface area (Å²) in [7, 11) is 0. The van der Waals surface area contributed by atoms with E-state index in [0.717, 1.165) is 17.1 Å². The standard InChI is InChI=1S/C15H23F3N2S/c1-14(2,3)13-20-10(9-21-13)8-19-12-7-5-4-6-11(12)15(16,17)18/h9,11-12,19H,4-8H2,1-3H3. The predicted octanol–water partition coefficient (Wildman–Crippen LogP) is 4.65. The molecule has 6 heteroatoms. The second-order valence-corrected chi connectivity index (χ2v) is 7.67. The number of nitrogens with one attached hydrogen (secondary N) is 1. The van der Waals surface area contributed by atoms with Gasteiger partial charge in [-0.05, 0) is 12.8 Å². The van der Waals surface area contributed by atoms with Gasteiger partial charge < -0.3 is 5.32 Å². The molecule has 0 spiro atoms. The zero-order valence-corrected chi connectivity index (χ0v) is 13.6. The van der Waals surface area contributed by atoms with Gasteiger partial charge in [0, 0.05) is 23.4 Å². The Hall–Kier alpha value is -0.620. The zero-order valence-electron chi connectivity index (χ0n) is 12.8. The zero-order chi connectivity index (χ0) is 15.7. The molecule has 0 aliphatic heterocycles. The van der Waals surface area contributed by atoms with Crippen LogP contribution in [-0.4, -0.2) is 17.2 Å². The second kappa shape index (κ2) is 6.24.